The molecule has 0 aromatic rings. The number of aliphatic carboxylic acids is 1. The molecule has 4 fully saturated rings. The van der Waals surface area contributed by atoms with Gasteiger partial charge in [0.05, 0.1) is 5.60 Å². The van der Waals surface area contributed by atoms with E-state index in [1.807, 2.05) is 7.11 Å². The number of hydrogen-bond acceptors (Lipinski definition) is 2. The van der Waals surface area contributed by atoms with Crippen LogP contribution in [-0.4, -0.2) is 23.8 Å². The van der Waals surface area contributed by atoms with Gasteiger partial charge in [-0.05, 0) is 55.8 Å². The summed E-state index contributed by atoms with van der Waals surface area (Å²) in [7, 11) is 1.83. The first-order valence-electron chi connectivity index (χ1n) is 6.39. The first-order chi connectivity index (χ1) is 7.62. The molecular weight excluding hydrogens is 204 g/mol. The third-order valence-electron chi connectivity index (χ3n) is 5.26. The number of carboxylic acids is 1. The summed E-state index contributed by atoms with van der Waals surface area (Å²) >= 11 is 0. The highest BCUT2D eigenvalue weighted by Gasteiger charge is 2.55. The standard InChI is InChI=1S/C13H20O3/c1-16-13-5-8-2-9(6-13)11(4-12(14)15)10(3-8)7-13/h8-11H,2-7H2,1H3,(H,14,15). The van der Waals surface area contributed by atoms with Crippen LogP contribution in [0.5, 0.6) is 0 Å². The Bertz CT molecular complexity index is 296. The van der Waals surface area contributed by atoms with Crippen molar-refractivity contribution in [3.05, 3.63) is 0 Å². The van der Waals surface area contributed by atoms with Gasteiger partial charge in [0.1, 0.15) is 0 Å². The number of methoxy groups -OCH3 is 1. The van der Waals surface area contributed by atoms with Crippen LogP contribution in [0.2, 0.25) is 0 Å². The minimum absolute atomic E-state index is 0.117. The molecule has 4 aliphatic carbocycles. The van der Waals surface area contributed by atoms with Crippen LogP contribution in [0.4, 0.5) is 0 Å². The van der Waals surface area contributed by atoms with Crippen molar-refractivity contribution in [3.8, 4) is 0 Å². The zero-order valence-electron chi connectivity index (χ0n) is 9.82. The van der Waals surface area contributed by atoms with Crippen molar-refractivity contribution < 1.29 is 14.6 Å². The maximum atomic E-state index is 10.9. The van der Waals surface area contributed by atoms with E-state index in [1.165, 1.54) is 19.3 Å². The van der Waals surface area contributed by atoms with Crippen molar-refractivity contribution in [2.45, 2.75) is 44.1 Å². The van der Waals surface area contributed by atoms with Crippen LogP contribution in [0.15, 0.2) is 0 Å². The van der Waals surface area contributed by atoms with E-state index in [4.69, 9.17) is 9.84 Å². The number of hydrogen-bond donors (Lipinski definition) is 1. The van der Waals surface area contributed by atoms with Crippen molar-refractivity contribution in [1.29, 1.82) is 0 Å². The van der Waals surface area contributed by atoms with Crippen molar-refractivity contribution in [1.82, 2.24) is 0 Å². The summed E-state index contributed by atoms with van der Waals surface area (Å²) in [6.45, 7) is 0. The quantitative estimate of drug-likeness (QED) is 0.800. The molecule has 2 atom stereocenters. The van der Waals surface area contributed by atoms with E-state index >= 15 is 0 Å². The highest BCUT2D eigenvalue weighted by atomic mass is 16.5. The van der Waals surface area contributed by atoms with Crippen molar-refractivity contribution in [3.63, 3.8) is 0 Å². The second-order valence-corrected chi connectivity index (χ2v) is 6.12. The fraction of sp³-hybridized carbons (Fsp3) is 0.923. The van der Waals surface area contributed by atoms with Crippen LogP contribution in [0, 0.1) is 23.7 Å². The van der Waals surface area contributed by atoms with Crippen LogP contribution in [-0.2, 0) is 9.53 Å². The summed E-state index contributed by atoms with van der Waals surface area (Å²) in [6.07, 6.45) is 6.31. The van der Waals surface area contributed by atoms with E-state index < -0.39 is 5.97 Å². The highest BCUT2D eigenvalue weighted by Crippen LogP contribution is 2.60. The molecule has 3 nitrogen and oxygen atoms in total. The molecule has 2 unspecified atom stereocenters. The molecule has 1 N–H and O–H groups in total. The molecule has 0 amide bonds. The third-order valence-corrected chi connectivity index (χ3v) is 5.26. The van der Waals surface area contributed by atoms with Crippen LogP contribution in [0.1, 0.15) is 38.5 Å². The molecule has 0 aromatic heterocycles. The predicted octanol–water partition coefficient (Wildman–Crippen LogP) is 2.30. The van der Waals surface area contributed by atoms with Crippen LogP contribution >= 0.6 is 0 Å². The minimum atomic E-state index is -0.621. The Morgan fingerprint density at radius 3 is 2.44 bits per heavy atom. The molecule has 0 saturated heterocycles. The molecule has 0 heterocycles. The first kappa shape index (κ1) is 10.6. The number of rotatable bonds is 3. The fourth-order valence-corrected chi connectivity index (χ4v) is 4.84. The van der Waals surface area contributed by atoms with E-state index in [9.17, 15) is 4.79 Å². The molecule has 0 spiro atoms. The summed E-state index contributed by atoms with van der Waals surface area (Å²) < 4.78 is 5.76. The predicted molar refractivity (Wildman–Crippen MR) is 59.0 cm³/mol. The van der Waals surface area contributed by atoms with Gasteiger partial charge in [-0.2, -0.15) is 0 Å². The second-order valence-electron chi connectivity index (χ2n) is 6.12. The normalized spacial score (nSPS) is 49.6. The molecule has 4 bridgehead atoms. The Kier molecular flexibility index (Phi) is 2.29. The summed E-state index contributed by atoms with van der Waals surface area (Å²) in [5.74, 6) is 1.84. The Hall–Kier alpha value is -0.570. The molecule has 16 heavy (non-hydrogen) atoms. The van der Waals surface area contributed by atoms with Gasteiger partial charge in [-0.3, -0.25) is 4.79 Å². The van der Waals surface area contributed by atoms with E-state index in [0.29, 0.717) is 24.2 Å². The fourth-order valence-electron chi connectivity index (χ4n) is 4.84. The summed E-state index contributed by atoms with van der Waals surface area (Å²) in [4.78, 5) is 10.9. The van der Waals surface area contributed by atoms with Gasteiger partial charge in [-0.15, -0.1) is 0 Å². The first-order valence-corrected chi connectivity index (χ1v) is 6.39. The van der Waals surface area contributed by atoms with Gasteiger partial charge in [0.25, 0.3) is 0 Å². The Morgan fingerprint density at radius 2 is 1.94 bits per heavy atom. The van der Waals surface area contributed by atoms with Gasteiger partial charge in [0, 0.05) is 13.5 Å². The Morgan fingerprint density at radius 1 is 1.31 bits per heavy atom. The molecule has 0 radical (unpaired) electrons. The molecular formula is C13H20O3. The van der Waals surface area contributed by atoms with Crippen molar-refractivity contribution >= 4 is 5.97 Å². The lowest BCUT2D eigenvalue weighted by molar-refractivity contribution is -0.175. The molecule has 0 aliphatic heterocycles. The topological polar surface area (TPSA) is 46.5 Å². The van der Waals surface area contributed by atoms with Crippen LogP contribution in [0.25, 0.3) is 0 Å². The number of carbonyl (C=O) groups is 1. The number of carboxylic acid groups (broad SMARTS) is 1. The summed E-state index contributed by atoms with van der Waals surface area (Å²) in [5, 5.41) is 8.99. The highest BCUT2D eigenvalue weighted by molar-refractivity contribution is 5.67. The molecule has 90 valence electrons. The van der Waals surface area contributed by atoms with E-state index in [-0.39, 0.29) is 5.60 Å². The van der Waals surface area contributed by atoms with Gasteiger partial charge < -0.3 is 9.84 Å². The monoisotopic (exact) mass is 224 g/mol. The largest absolute Gasteiger partial charge is 0.481 e. The van der Waals surface area contributed by atoms with Gasteiger partial charge >= 0.3 is 5.97 Å². The SMILES string of the molecule is COC12CC3CC(C1)C(CC(=O)O)C(C3)C2. The zero-order chi connectivity index (χ0) is 11.3. The molecule has 4 aliphatic rings. The van der Waals surface area contributed by atoms with Gasteiger partial charge in [0.2, 0.25) is 0 Å². The minimum Gasteiger partial charge on any atom is -0.481 e. The lowest BCUT2D eigenvalue weighted by atomic mass is 9.49. The lowest BCUT2D eigenvalue weighted by Crippen LogP contribution is -2.55. The Balaban J connectivity index is 1.81. The lowest BCUT2D eigenvalue weighted by Gasteiger charge is -2.59. The van der Waals surface area contributed by atoms with Gasteiger partial charge in [-0.1, -0.05) is 0 Å². The van der Waals surface area contributed by atoms with E-state index in [0.717, 1.165) is 18.8 Å². The van der Waals surface area contributed by atoms with Crippen molar-refractivity contribution in [2.24, 2.45) is 23.7 Å². The molecule has 3 heteroatoms. The van der Waals surface area contributed by atoms with Gasteiger partial charge in [-0.25, -0.2) is 0 Å². The van der Waals surface area contributed by atoms with Crippen molar-refractivity contribution in [2.75, 3.05) is 7.11 Å². The zero-order valence-corrected chi connectivity index (χ0v) is 9.82. The van der Waals surface area contributed by atoms with Crippen LogP contribution in [0.3, 0.4) is 0 Å². The third kappa shape index (κ3) is 1.48. The molecule has 4 saturated carbocycles. The van der Waals surface area contributed by atoms with Crippen LogP contribution < -0.4 is 0 Å². The average molecular weight is 224 g/mol. The van der Waals surface area contributed by atoms with E-state index in [2.05, 4.69) is 0 Å². The maximum absolute atomic E-state index is 10.9. The summed E-state index contributed by atoms with van der Waals surface area (Å²) in [5.41, 5.74) is 0.117. The smallest absolute Gasteiger partial charge is 0.303 e. The molecule has 0 aromatic carbocycles. The number of ether oxygens (including phenoxy) is 1. The second kappa shape index (κ2) is 3.46. The van der Waals surface area contributed by atoms with E-state index in [1.54, 1.807) is 0 Å². The average Bonchev–Trinajstić information content (AvgIpc) is 2.22. The summed E-state index contributed by atoms with van der Waals surface area (Å²) in [6, 6.07) is 0. The maximum Gasteiger partial charge on any atom is 0.303 e. The molecule has 4 rings (SSSR count). The van der Waals surface area contributed by atoms with Gasteiger partial charge in [0.15, 0.2) is 0 Å². The Labute approximate surface area is 96.2 Å².